The van der Waals surface area contributed by atoms with E-state index in [-0.39, 0.29) is 12.2 Å². The number of carbonyl (C=O) groups is 2. The number of rotatable bonds is 7. The number of para-hydroxylation sites is 1. The van der Waals surface area contributed by atoms with E-state index >= 15 is 0 Å². The van der Waals surface area contributed by atoms with Gasteiger partial charge in [-0.15, -0.1) is 13.2 Å². The number of ether oxygens (including phenoxy) is 1. The van der Waals surface area contributed by atoms with Crippen LogP contribution >= 0.6 is 0 Å². The van der Waals surface area contributed by atoms with E-state index in [0.717, 1.165) is 18.4 Å². The number of ketones is 1. The zero-order chi connectivity index (χ0) is 16.9. The molecular formula is C19H23NO3. The summed E-state index contributed by atoms with van der Waals surface area (Å²) >= 11 is 0. The van der Waals surface area contributed by atoms with Crippen LogP contribution < -0.4 is 4.74 Å². The average Bonchev–Trinajstić information content (AvgIpc) is 2.64. The van der Waals surface area contributed by atoms with E-state index in [1.54, 1.807) is 12.1 Å². The van der Waals surface area contributed by atoms with Crippen LogP contribution in [0.5, 0.6) is 5.75 Å². The largest absolute Gasteiger partial charge is 0.424 e. The molecule has 0 spiro atoms. The minimum atomic E-state index is -1.30. The fourth-order valence-corrected chi connectivity index (χ4v) is 3.02. The van der Waals surface area contributed by atoms with Gasteiger partial charge in [-0.05, 0) is 25.8 Å². The van der Waals surface area contributed by atoms with Gasteiger partial charge in [0.15, 0.2) is 11.3 Å². The van der Waals surface area contributed by atoms with Gasteiger partial charge in [0.25, 0.3) is 0 Å². The highest BCUT2D eigenvalue weighted by atomic mass is 16.5. The molecular weight excluding hydrogens is 290 g/mol. The normalized spacial score (nSPS) is 21.0. The topological polar surface area (TPSA) is 46.6 Å². The van der Waals surface area contributed by atoms with Crippen LogP contribution in [-0.4, -0.2) is 28.7 Å². The molecule has 2 rings (SSSR count). The van der Waals surface area contributed by atoms with Gasteiger partial charge in [-0.2, -0.15) is 0 Å². The summed E-state index contributed by atoms with van der Waals surface area (Å²) in [5.41, 5.74) is -0.395. The molecule has 0 saturated carbocycles. The first-order chi connectivity index (χ1) is 11.1. The number of hydrogen-bond donors (Lipinski definition) is 0. The van der Waals surface area contributed by atoms with Crippen LogP contribution in [0.3, 0.4) is 0 Å². The van der Waals surface area contributed by atoms with Crippen molar-refractivity contribution in [2.75, 3.05) is 6.54 Å². The summed E-state index contributed by atoms with van der Waals surface area (Å²) in [7, 11) is 0. The van der Waals surface area contributed by atoms with E-state index < -0.39 is 11.5 Å². The molecule has 0 N–H and O–H groups in total. The maximum atomic E-state index is 12.8. The zero-order valence-corrected chi connectivity index (χ0v) is 13.6. The molecule has 1 aromatic carbocycles. The third kappa shape index (κ3) is 3.27. The van der Waals surface area contributed by atoms with Crippen molar-refractivity contribution in [2.45, 2.75) is 38.3 Å². The molecule has 0 radical (unpaired) electrons. The lowest BCUT2D eigenvalue weighted by Gasteiger charge is -2.37. The third-order valence-electron chi connectivity index (χ3n) is 4.27. The summed E-state index contributed by atoms with van der Waals surface area (Å²) in [6.07, 6.45) is 5.34. The van der Waals surface area contributed by atoms with E-state index in [9.17, 15) is 9.59 Å². The van der Waals surface area contributed by atoms with Crippen LogP contribution in [0, 0.1) is 0 Å². The van der Waals surface area contributed by atoms with Gasteiger partial charge in [-0.1, -0.05) is 30.4 Å². The number of fused-ring (bicyclic) bond motifs is 1. The Labute approximate surface area is 137 Å². The van der Waals surface area contributed by atoms with Crippen molar-refractivity contribution in [1.29, 1.82) is 0 Å². The number of hydrogen-bond acceptors (Lipinski definition) is 4. The molecule has 23 heavy (non-hydrogen) atoms. The van der Waals surface area contributed by atoms with E-state index in [4.69, 9.17) is 4.74 Å². The first-order valence-electron chi connectivity index (χ1n) is 7.84. The first-order valence-corrected chi connectivity index (χ1v) is 7.84. The molecule has 1 unspecified atom stereocenters. The fraction of sp³-hybridized carbons (Fsp3) is 0.368. The molecule has 122 valence electrons. The second kappa shape index (κ2) is 7.38. The number of allylic oxidation sites excluding steroid dienone is 1. The first kappa shape index (κ1) is 17.2. The van der Waals surface area contributed by atoms with Crippen molar-refractivity contribution in [2.24, 2.45) is 0 Å². The van der Waals surface area contributed by atoms with Crippen molar-refractivity contribution in [1.82, 2.24) is 4.90 Å². The minimum absolute atomic E-state index is 0.214. The molecule has 1 aliphatic heterocycles. The Morgan fingerprint density at radius 2 is 2.09 bits per heavy atom. The lowest BCUT2D eigenvalue weighted by atomic mass is 9.88. The van der Waals surface area contributed by atoms with E-state index in [1.807, 2.05) is 29.2 Å². The van der Waals surface area contributed by atoms with Crippen LogP contribution in [0.1, 0.15) is 31.7 Å². The molecule has 0 amide bonds. The van der Waals surface area contributed by atoms with Gasteiger partial charge in [0, 0.05) is 25.1 Å². The molecule has 4 heteroatoms. The second-order valence-corrected chi connectivity index (χ2v) is 5.76. The molecule has 1 aliphatic rings. The number of unbranched alkanes of at least 4 members (excludes halogenated alkanes) is 1. The second-order valence-electron chi connectivity index (χ2n) is 5.76. The standard InChI is InChI=1S/C19H23NO3/c1-4-6-9-13-20-14-16-10-7-8-11-17(16)23-18(22)19(20,12-5-2)15(3)21/h4-5,7-8,10-11H,1-2,6,9,12-14H2,3H3. The predicted molar refractivity (Wildman–Crippen MR) is 90.1 cm³/mol. The number of benzene rings is 1. The Morgan fingerprint density at radius 3 is 2.74 bits per heavy atom. The lowest BCUT2D eigenvalue weighted by Crippen LogP contribution is -2.59. The van der Waals surface area contributed by atoms with Crippen molar-refractivity contribution in [3.63, 3.8) is 0 Å². The van der Waals surface area contributed by atoms with E-state index in [1.165, 1.54) is 6.92 Å². The zero-order valence-electron chi connectivity index (χ0n) is 13.6. The maximum absolute atomic E-state index is 12.8. The number of nitrogens with zero attached hydrogens (tertiary/aromatic N) is 1. The van der Waals surface area contributed by atoms with Gasteiger partial charge in [0.2, 0.25) is 0 Å². The van der Waals surface area contributed by atoms with Crippen LogP contribution in [0.15, 0.2) is 49.6 Å². The smallest absolute Gasteiger partial charge is 0.340 e. The summed E-state index contributed by atoms with van der Waals surface area (Å²) in [5, 5.41) is 0. The van der Waals surface area contributed by atoms with Crippen molar-refractivity contribution < 1.29 is 14.3 Å². The summed E-state index contributed by atoms with van der Waals surface area (Å²) in [6.45, 7) is 10.0. The number of Topliss-reactive ketones (excluding diaryl/α,β-unsaturated/α-hetero) is 1. The monoisotopic (exact) mass is 313 g/mol. The van der Waals surface area contributed by atoms with Crippen LogP contribution in [0.2, 0.25) is 0 Å². The van der Waals surface area contributed by atoms with E-state index in [2.05, 4.69) is 13.2 Å². The molecule has 1 aromatic rings. The Bertz CT molecular complexity index is 623. The van der Waals surface area contributed by atoms with Gasteiger partial charge >= 0.3 is 5.97 Å². The van der Waals surface area contributed by atoms with Crippen LogP contribution in [-0.2, 0) is 16.1 Å². The summed E-state index contributed by atoms with van der Waals surface area (Å²) in [5.74, 6) is -0.208. The Hall–Kier alpha value is -2.20. The van der Waals surface area contributed by atoms with Gasteiger partial charge in [-0.25, -0.2) is 4.79 Å². The van der Waals surface area contributed by atoms with Crippen molar-refractivity contribution >= 4 is 11.8 Å². The predicted octanol–water partition coefficient (Wildman–Crippen LogP) is 3.28. The molecule has 1 heterocycles. The Balaban J connectivity index is 2.47. The summed E-state index contributed by atoms with van der Waals surface area (Å²) in [4.78, 5) is 27.2. The highest BCUT2D eigenvalue weighted by Crippen LogP contribution is 2.33. The van der Waals surface area contributed by atoms with Gasteiger partial charge < -0.3 is 4.74 Å². The molecule has 0 aliphatic carbocycles. The highest BCUT2D eigenvalue weighted by Gasteiger charge is 2.50. The molecule has 4 nitrogen and oxygen atoms in total. The number of carbonyl (C=O) groups excluding carboxylic acids is 2. The molecule has 0 aromatic heterocycles. The highest BCUT2D eigenvalue weighted by molar-refractivity contribution is 6.08. The SMILES string of the molecule is C=CCCCN1Cc2ccccc2OC(=O)C1(CC=C)C(C)=O. The third-order valence-corrected chi connectivity index (χ3v) is 4.27. The lowest BCUT2D eigenvalue weighted by molar-refractivity contribution is -0.154. The Morgan fingerprint density at radius 1 is 1.35 bits per heavy atom. The quantitative estimate of drug-likeness (QED) is 0.255. The molecule has 0 saturated heterocycles. The molecule has 0 bridgehead atoms. The van der Waals surface area contributed by atoms with Gasteiger partial charge in [0.1, 0.15) is 5.75 Å². The molecule has 1 atom stereocenters. The number of esters is 1. The van der Waals surface area contributed by atoms with E-state index in [0.29, 0.717) is 18.8 Å². The van der Waals surface area contributed by atoms with Crippen LogP contribution in [0.4, 0.5) is 0 Å². The summed E-state index contributed by atoms with van der Waals surface area (Å²) < 4.78 is 5.55. The molecule has 0 fully saturated rings. The fourth-order valence-electron chi connectivity index (χ4n) is 3.02. The average molecular weight is 313 g/mol. The summed E-state index contributed by atoms with van der Waals surface area (Å²) in [6, 6.07) is 7.41. The van der Waals surface area contributed by atoms with Crippen molar-refractivity contribution in [3.8, 4) is 5.75 Å². The van der Waals surface area contributed by atoms with Gasteiger partial charge in [-0.3, -0.25) is 9.69 Å². The van der Waals surface area contributed by atoms with Crippen LogP contribution in [0.25, 0.3) is 0 Å². The minimum Gasteiger partial charge on any atom is -0.424 e. The van der Waals surface area contributed by atoms with Crippen molar-refractivity contribution in [3.05, 3.63) is 55.1 Å². The maximum Gasteiger partial charge on any atom is 0.340 e. The Kier molecular flexibility index (Phi) is 5.50. The van der Waals surface area contributed by atoms with Gasteiger partial charge in [0.05, 0.1) is 0 Å².